The molecule has 1 unspecified atom stereocenters. The number of ether oxygens (including phenoxy) is 1. The third-order valence-corrected chi connectivity index (χ3v) is 3.71. The molecule has 7 heteroatoms. The predicted octanol–water partition coefficient (Wildman–Crippen LogP) is 1.14. The predicted molar refractivity (Wildman–Crippen MR) is 86.9 cm³/mol. The standard InChI is InChI=1S/C17H22N2O5/c1-11(2)18-16(22)12-3-5-13(6-4-12)17(23)19-7-8-24-10-14(19)9-15(20)21/h3-6,11,14H,7-10H2,1-2H3,(H,18,22)(H,20,21). The lowest BCUT2D eigenvalue weighted by molar-refractivity contribution is -0.139. The zero-order valence-corrected chi connectivity index (χ0v) is 13.8. The van der Waals surface area contributed by atoms with Gasteiger partial charge < -0.3 is 20.1 Å². The van der Waals surface area contributed by atoms with Crippen LogP contribution in [0.5, 0.6) is 0 Å². The van der Waals surface area contributed by atoms with E-state index in [4.69, 9.17) is 9.84 Å². The Morgan fingerprint density at radius 1 is 1.25 bits per heavy atom. The van der Waals surface area contributed by atoms with Crippen molar-refractivity contribution in [3.8, 4) is 0 Å². The van der Waals surface area contributed by atoms with Gasteiger partial charge in [0, 0.05) is 23.7 Å². The molecule has 1 atom stereocenters. The number of carboxylic acids is 1. The Labute approximate surface area is 140 Å². The van der Waals surface area contributed by atoms with Gasteiger partial charge in [-0.3, -0.25) is 14.4 Å². The number of hydrogen-bond donors (Lipinski definition) is 2. The Kier molecular flexibility index (Phi) is 5.92. The molecule has 0 saturated carbocycles. The third kappa shape index (κ3) is 4.55. The number of nitrogens with one attached hydrogen (secondary N) is 1. The maximum absolute atomic E-state index is 12.6. The molecule has 130 valence electrons. The van der Waals surface area contributed by atoms with Gasteiger partial charge in [0.15, 0.2) is 0 Å². The summed E-state index contributed by atoms with van der Waals surface area (Å²) in [5.41, 5.74) is 0.901. The van der Waals surface area contributed by atoms with Crippen molar-refractivity contribution in [3.63, 3.8) is 0 Å². The molecule has 2 rings (SSSR count). The molecular formula is C17H22N2O5. The maximum atomic E-state index is 12.6. The van der Waals surface area contributed by atoms with Crippen LogP contribution in [0.2, 0.25) is 0 Å². The SMILES string of the molecule is CC(C)NC(=O)c1ccc(C(=O)N2CCOCC2CC(=O)O)cc1. The first-order chi connectivity index (χ1) is 11.4. The number of carbonyl (C=O) groups is 3. The summed E-state index contributed by atoms with van der Waals surface area (Å²) in [5.74, 6) is -1.41. The van der Waals surface area contributed by atoms with Gasteiger partial charge in [-0.05, 0) is 38.1 Å². The first-order valence-electron chi connectivity index (χ1n) is 7.90. The van der Waals surface area contributed by atoms with Crippen molar-refractivity contribution in [2.75, 3.05) is 19.8 Å². The quantitative estimate of drug-likeness (QED) is 0.842. The molecule has 0 spiro atoms. The number of aliphatic carboxylic acids is 1. The molecule has 1 aliphatic heterocycles. The average Bonchev–Trinajstić information content (AvgIpc) is 2.53. The molecule has 1 aliphatic rings. The lowest BCUT2D eigenvalue weighted by Gasteiger charge is -2.34. The van der Waals surface area contributed by atoms with Gasteiger partial charge in [0.25, 0.3) is 11.8 Å². The first kappa shape index (κ1) is 17.9. The molecule has 1 aromatic rings. The monoisotopic (exact) mass is 334 g/mol. The summed E-state index contributed by atoms with van der Waals surface area (Å²) in [6.07, 6.45) is -0.152. The van der Waals surface area contributed by atoms with E-state index < -0.39 is 12.0 Å². The lowest BCUT2D eigenvalue weighted by atomic mass is 10.1. The normalized spacial score (nSPS) is 17.6. The molecule has 0 radical (unpaired) electrons. The molecular weight excluding hydrogens is 312 g/mol. The van der Waals surface area contributed by atoms with Crippen LogP contribution >= 0.6 is 0 Å². The Bertz CT molecular complexity index is 612. The smallest absolute Gasteiger partial charge is 0.305 e. The van der Waals surface area contributed by atoms with Crippen LogP contribution in [-0.4, -0.2) is 59.6 Å². The second-order valence-electron chi connectivity index (χ2n) is 6.03. The summed E-state index contributed by atoms with van der Waals surface area (Å²) in [5, 5.41) is 11.8. The van der Waals surface area contributed by atoms with Crippen molar-refractivity contribution in [3.05, 3.63) is 35.4 Å². The van der Waals surface area contributed by atoms with Gasteiger partial charge >= 0.3 is 5.97 Å². The highest BCUT2D eigenvalue weighted by atomic mass is 16.5. The molecule has 0 aromatic heterocycles. The topological polar surface area (TPSA) is 95.9 Å². The van der Waals surface area contributed by atoms with Crippen molar-refractivity contribution in [2.24, 2.45) is 0 Å². The number of nitrogens with zero attached hydrogens (tertiary/aromatic N) is 1. The zero-order chi connectivity index (χ0) is 17.7. The van der Waals surface area contributed by atoms with Crippen molar-refractivity contribution in [2.45, 2.75) is 32.4 Å². The zero-order valence-electron chi connectivity index (χ0n) is 13.8. The van der Waals surface area contributed by atoms with Crippen LogP contribution in [0.25, 0.3) is 0 Å². The molecule has 1 aromatic carbocycles. The van der Waals surface area contributed by atoms with Crippen molar-refractivity contribution in [1.29, 1.82) is 0 Å². The van der Waals surface area contributed by atoms with Gasteiger partial charge in [-0.1, -0.05) is 0 Å². The number of carbonyl (C=O) groups excluding carboxylic acids is 2. The fourth-order valence-corrected chi connectivity index (χ4v) is 2.57. The van der Waals surface area contributed by atoms with E-state index in [-0.39, 0.29) is 30.9 Å². The number of morpholine rings is 1. The van der Waals surface area contributed by atoms with Crippen molar-refractivity contribution in [1.82, 2.24) is 10.2 Å². The Balaban J connectivity index is 2.10. The van der Waals surface area contributed by atoms with E-state index in [0.717, 1.165) is 0 Å². The second-order valence-corrected chi connectivity index (χ2v) is 6.03. The van der Waals surface area contributed by atoms with E-state index in [1.54, 1.807) is 24.3 Å². The fraction of sp³-hybridized carbons (Fsp3) is 0.471. The van der Waals surface area contributed by atoms with Crippen molar-refractivity contribution < 1.29 is 24.2 Å². The summed E-state index contributed by atoms with van der Waals surface area (Å²) in [6.45, 7) is 4.70. The first-order valence-corrected chi connectivity index (χ1v) is 7.90. The van der Waals surface area contributed by atoms with Gasteiger partial charge in [0.1, 0.15) is 0 Å². The van der Waals surface area contributed by atoms with Crippen LogP contribution in [0.3, 0.4) is 0 Å². The minimum atomic E-state index is -0.969. The highest BCUT2D eigenvalue weighted by Gasteiger charge is 2.29. The average molecular weight is 334 g/mol. The molecule has 2 amide bonds. The van der Waals surface area contributed by atoms with E-state index in [0.29, 0.717) is 24.3 Å². The molecule has 0 aliphatic carbocycles. The van der Waals surface area contributed by atoms with Crippen LogP contribution in [0.4, 0.5) is 0 Å². The van der Waals surface area contributed by atoms with E-state index in [9.17, 15) is 14.4 Å². The maximum Gasteiger partial charge on any atom is 0.305 e. The number of rotatable bonds is 5. The van der Waals surface area contributed by atoms with E-state index in [2.05, 4.69) is 5.32 Å². The number of hydrogen-bond acceptors (Lipinski definition) is 4. The van der Waals surface area contributed by atoms with E-state index in [1.165, 1.54) is 4.90 Å². The van der Waals surface area contributed by atoms with Crippen LogP contribution in [0.1, 0.15) is 41.0 Å². The largest absolute Gasteiger partial charge is 0.481 e. The molecule has 1 saturated heterocycles. The highest BCUT2D eigenvalue weighted by molar-refractivity contribution is 5.98. The number of benzene rings is 1. The highest BCUT2D eigenvalue weighted by Crippen LogP contribution is 2.16. The Morgan fingerprint density at radius 3 is 2.46 bits per heavy atom. The van der Waals surface area contributed by atoms with Gasteiger partial charge in [0.05, 0.1) is 25.7 Å². The summed E-state index contributed by atoms with van der Waals surface area (Å²) in [4.78, 5) is 37.0. The van der Waals surface area contributed by atoms with Crippen molar-refractivity contribution >= 4 is 17.8 Å². The van der Waals surface area contributed by atoms with E-state index in [1.807, 2.05) is 13.8 Å². The summed E-state index contributed by atoms with van der Waals surface area (Å²) >= 11 is 0. The molecule has 1 heterocycles. The van der Waals surface area contributed by atoms with E-state index >= 15 is 0 Å². The number of amides is 2. The molecule has 1 fully saturated rings. The molecule has 7 nitrogen and oxygen atoms in total. The summed E-state index contributed by atoms with van der Waals surface area (Å²) < 4.78 is 5.28. The third-order valence-electron chi connectivity index (χ3n) is 3.71. The summed E-state index contributed by atoms with van der Waals surface area (Å²) in [6, 6.07) is 5.92. The number of carboxylic acid groups (broad SMARTS) is 1. The van der Waals surface area contributed by atoms with Gasteiger partial charge in [-0.2, -0.15) is 0 Å². The van der Waals surface area contributed by atoms with Crippen LogP contribution in [0, 0.1) is 0 Å². The van der Waals surface area contributed by atoms with Crippen LogP contribution < -0.4 is 5.32 Å². The fourth-order valence-electron chi connectivity index (χ4n) is 2.57. The minimum Gasteiger partial charge on any atom is -0.481 e. The Hall–Kier alpha value is -2.41. The van der Waals surface area contributed by atoms with Gasteiger partial charge in [-0.15, -0.1) is 0 Å². The Morgan fingerprint density at radius 2 is 1.88 bits per heavy atom. The van der Waals surface area contributed by atoms with Crippen LogP contribution in [0.15, 0.2) is 24.3 Å². The second kappa shape index (κ2) is 7.92. The minimum absolute atomic E-state index is 0.0314. The summed E-state index contributed by atoms with van der Waals surface area (Å²) in [7, 11) is 0. The molecule has 2 N–H and O–H groups in total. The molecule has 24 heavy (non-hydrogen) atoms. The molecule has 0 bridgehead atoms. The van der Waals surface area contributed by atoms with Gasteiger partial charge in [-0.25, -0.2) is 0 Å². The van der Waals surface area contributed by atoms with Gasteiger partial charge in [0.2, 0.25) is 0 Å². The van der Waals surface area contributed by atoms with Crippen LogP contribution in [-0.2, 0) is 9.53 Å². The lowest BCUT2D eigenvalue weighted by Crippen LogP contribution is -2.49.